The normalized spacial score (nSPS) is 17.5. The smallest absolute Gasteiger partial charge is 0.240 e. The van der Waals surface area contributed by atoms with Crippen molar-refractivity contribution >= 4 is 30.4 Å². The summed E-state index contributed by atoms with van der Waals surface area (Å²) in [6, 6.07) is -0.567. The fourth-order valence-electron chi connectivity index (χ4n) is 2.53. The average Bonchev–Trinajstić information content (AvgIpc) is 2.49. The molecule has 0 radical (unpaired) electrons. The van der Waals surface area contributed by atoms with Crippen molar-refractivity contribution in [2.75, 3.05) is 31.9 Å². The van der Waals surface area contributed by atoms with Crippen LogP contribution >= 0.6 is 12.6 Å². The van der Waals surface area contributed by atoms with Gasteiger partial charge < -0.3 is 22.1 Å². The van der Waals surface area contributed by atoms with Gasteiger partial charge in [0.1, 0.15) is 6.04 Å². The quantitative estimate of drug-likeness (QED) is 0.315. The van der Waals surface area contributed by atoms with Gasteiger partial charge in [0, 0.05) is 25.6 Å². The van der Waals surface area contributed by atoms with Crippen molar-refractivity contribution in [3.05, 3.63) is 0 Å². The molecule has 1 aliphatic heterocycles. The van der Waals surface area contributed by atoms with Crippen molar-refractivity contribution in [3.8, 4) is 0 Å². The minimum absolute atomic E-state index is 0.0160. The van der Waals surface area contributed by atoms with E-state index in [1.807, 2.05) is 4.90 Å². The molecule has 0 aromatic carbocycles. The molecule has 0 aromatic rings. The van der Waals surface area contributed by atoms with E-state index < -0.39 is 11.9 Å². The number of primary amides is 1. The molecule has 0 bridgehead atoms. The van der Waals surface area contributed by atoms with Crippen LogP contribution in [0.1, 0.15) is 25.7 Å². The number of nitrogens with zero attached hydrogens (tertiary/aromatic N) is 1. The molecule has 23 heavy (non-hydrogen) atoms. The molecule has 0 spiro atoms. The van der Waals surface area contributed by atoms with Gasteiger partial charge >= 0.3 is 0 Å². The Labute approximate surface area is 142 Å². The van der Waals surface area contributed by atoms with Gasteiger partial charge in [-0.2, -0.15) is 12.6 Å². The lowest BCUT2D eigenvalue weighted by molar-refractivity contribution is -0.128. The number of amides is 3. The van der Waals surface area contributed by atoms with E-state index in [0.717, 1.165) is 25.9 Å². The number of hydrogen-bond acceptors (Lipinski definition) is 6. The number of carbonyl (C=O) groups excluding carboxylic acids is 3. The standard InChI is InChI=1S/C14H27N5O3S/c15-5-1-11(14(16)22)18-13(21)9-19-6-2-10(3-7-19)17-12(20)4-8-23/h10-11,23H,1-9,15H2,(H2,16,22)(H,17,20)(H,18,21). The highest BCUT2D eigenvalue weighted by atomic mass is 32.1. The van der Waals surface area contributed by atoms with Crippen LogP contribution in [0.25, 0.3) is 0 Å². The van der Waals surface area contributed by atoms with Crippen LogP contribution in [0.3, 0.4) is 0 Å². The molecule has 132 valence electrons. The highest BCUT2D eigenvalue weighted by molar-refractivity contribution is 7.80. The second-order valence-corrected chi connectivity index (χ2v) is 6.14. The summed E-state index contributed by atoms with van der Waals surface area (Å²) >= 11 is 4.03. The fourth-order valence-corrected chi connectivity index (χ4v) is 2.74. The van der Waals surface area contributed by atoms with E-state index in [0.29, 0.717) is 18.6 Å². The Morgan fingerprint density at radius 2 is 1.87 bits per heavy atom. The monoisotopic (exact) mass is 345 g/mol. The molecular weight excluding hydrogens is 318 g/mol. The summed E-state index contributed by atoms with van der Waals surface area (Å²) in [6.45, 7) is 1.94. The molecule has 1 aliphatic rings. The molecule has 1 atom stereocenters. The van der Waals surface area contributed by atoms with Crippen LogP contribution in [0.4, 0.5) is 0 Å². The first kappa shape index (κ1) is 19.7. The summed E-state index contributed by atoms with van der Waals surface area (Å²) in [5, 5.41) is 5.58. The zero-order valence-corrected chi connectivity index (χ0v) is 14.2. The molecule has 1 fully saturated rings. The van der Waals surface area contributed by atoms with E-state index >= 15 is 0 Å². The van der Waals surface area contributed by atoms with Gasteiger partial charge in [-0.1, -0.05) is 0 Å². The third kappa shape index (κ3) is 7.67. The van der Waals surface area contributed by atoms with Crippen LogP contribution in [0.2, 0.25) is 0 Å². The first-order chi connectivity index (χ1) is 11.0. The molecule has 6 N–H and O–H groups in total. The molecule has 8 nitrogen and oxygen atoms in total. The maximum Gasteiger partial charge on any atom is 0.240 e. The summed E-state index contributed by atoms with van der Waals surface area (Å²) in [4.78, 5) is 36.7. The van der Waals surface area contributed by atoms with Crippen LogP contribution in [-0.4, -0.2) is 66.6 Å². The van der Waals surface area contributed by atoms with Gasteiger partial charge in [-0.25, -0.2) is 0 Å². The van der Waals surface area contributed by atoms with Crippen LogP contribution in [0.15, 0.2) is 0 Å². The third-order valence-electron chi connectivity index (χ3n) is 3.79. The number of carbonyl (C=O) groups is 3. The molecule has 9 heteroatoms. The van der Waals surface area contributed by atoms with Crippen LogP contribution in [-0.2, 0) is 14.4 Å². The number of nitrogens with two attached hydrogens (primary N) is 2. The van der Waals surface area contributed by atoms with Gasteiger partial charge in [-0.15, -0.1) is 0 Å². The molecule has 1 saturated heterocycles. The zero-order valence-electron chi connectivity index (χ0n) is 13.3. The second kappa shape index (κ2) is 10.5. The number of rotatable bonds is 9. The molecule has 1 rings (SSSR count). The Morgan fingerprint density at radius 3 is 2.39 bits per heavy atom. The van der Waals surface area contributed by atoms with Crippen molar-refractivity contribution < 1.29 is 14.4 Å². The highest BCUT2D eigenvalue weighted by Gasteiger charge is 2.23. The summed E-state index contributed by atoms with van der Waals surface area (Å²) in [5.74, 6) is -0.259. The highest BCUT2D eigenvalue weighted by Crippen LogP contribution is 2.10. The van der Waals surface area contributed by atoms with Crippen molar-refractivity contribution in [2.45, 2.75) is 37.8 Å². The van der Waals surface area contributed by atoms with Crippen LogP contribution < -0.4 is 22.1 Å². The second-order valence-electron chi connectivity index (χ2n) is 5.69. The van der Waals surface area contributed by atoms with Gasteiger partial charge in [0.05, 0.1) is 6.54 Å². The summed E-state index contributed by atoms with van der Waals surface area (Å²) in [7, 11) is 0. The number of piperidine rings is 1. The Morgan fingerprint density at radius 1 is 1.22 bits per heavy atom. The average molecular weight is 345 g/mol. The number of likely N-dealkylation sites (tertiary alicyclic amines) is 1. The Balaban J connectivity index is 2.30. The predicted molar refractivity (Wildman–Crippen MR) is 90.9 cm³/mol. The molecule has 1 heterocycles. The molecular formula is C14H27N5O3S. The summed E-state index contributed by atoms with van der Waals surface area (Å²) in [6.07, 6.45) is 2.35. The predicted octanol–water partition coefficient (Wildman–Crippen LogP) is -1.79. The lowest BCUT2D eigenvalue weighted by Gasteiger charge is -2.32. The molecule has 0 aromatic heterocycles. The minimum atomic E-state index is -0.717. The van der Waals surface area contributed by atoms with Crippen molar-refractivity contribution in [1.29, 1.82) is 0 Å². The van der Waals surface area contributed by atoms with E-state index in [1.54, 1.807) is 0 Å². The van der Waals surface area contributed by atoms with Gasteiger partial charge in [-0.3, -0.25) is 19.3 Å². The van der Waals surface area contributed by atoms with E-state index in [-0.39, 0.29) is 30.9 Å². The van der Waals surface area contributed by atoms with Crippen LogP contribution in [0, 0.1) is 0 Å². The molecule has 3 amide bonds. The Hall–Kier alpha value is -1.32. The Bertz CT molecular complexity index is 413. The first-order valence-electron chi connectivity index (χ1n) is 7.87. The zero-order chi connectivity index (χ0) is 17.2. The number of thiol groups is 1. The van der Waals surface area contributed by atoms with E-state index in [4.69, 9.17) is 11.5 Å². The maximum atomic E-state index is 12.0. The van der Waals surface area contributed by atoms with E-state index in [1.165, 1.54) is 0 Å². The largest absolute Gasteiger partial charge is 0.368 e. The topological polar surface area (TPSA) is 131 Å². The van der Waals surface area contributed by atoms with Gasteiger partial charge in [0.2, 0.25) is 17.7 Å². The number of hydrogen-bond donors (Lipinski definition) is 5. The van der Waals surface area contributed by atoms with Gasteiger partial charge in [0.25, 0.3) is 0 Å². The third-order valence-corrected chi connectivity index (χ3v) is 4.02. The summed E-state index contributed by atoms with van der Waals surface area (Å²) < 4.78 is 0. The van der Waals surface area contributed by atoms with Gasteiger partial charge in [-0.05, 0) is 31.6 Å². The minimum Gasteiger partial charge on any atom is -0.368 e. The van der Waals surface area contributed by atoms with E-state index in [2.05, 4.69) is 23.3 Å². The lowest BCUT2D eigenvalue weighted by atomic mass is 10.0. The van der Waals surface area contributed by atoms with Crippen molar-refractivity contribution in [3.63, 3.8) is 0 Å². The fraction of sp³-hybridized carbons (Fsp3) is 0.786. The Kier molecular flexibility index (Phi) is 8.97. The molecule has 1 unspecified atom stereocenters. The van der Waals surface area contributed by atoms with Gasteiger partial charge in [0.15, 0.2) is 0 Å². The molecule has 0 aliphatic carbocycles. The van der Waals surface area contributed by atoms with E-state index in [9.17, 15) is 14.4 Å². The van der Waals surface area contributed by atoms with Crippen molar-refractivity contribution in [2.24, 2.45) is 11.5 Å². The van der Waals surface area contributed by atoms with Crippen molar-refractivity contribution in [1.82, 2.24) is 15.5 Å². The number of nitrogens with one attached hydrogen (secondary N) is 2. The summed E-state index contributed by atoms with van der Waals surface area (Å²) in [5.41, 5.74) is 10.6. The molecule has 0 saturated carbocycles. The maximum absolute atomic E-state index is 12.0. The van der Waals surface area contributed by atoms with Crippen LogP contribution in [0.5, 0.6) is 0 Å². The lowest BCUT2D eigenvalue weighted by Crippen LogP contribution is -2.51. The SMILES string of the molecule is NCCC(NC(=O)CN1CCC(NC(=O)CCS)CC1)C(N)=O. The first-order valence-corrected chi connectivity index (χ1v) is 8.50.